The second-order valence-corrected chi connectivity index (χ2v) is 4.61. The fourth-order valence-electron chi connectivity index (χ4n) is 2.30. The summed E-state index contributed by atoms with van der Waals surface area (Å²) in [6.45, 7) is 1.07. The third kappa shape index (κ3) is 1.42. The average molecular weight is 232 g/mol. The summed E-state index contributed by atoms with van der Waals surface area (Å²) in [5, 5.41) is 12.6. The van der Waals surface area contributed by atoms with Gasteiger partial charge >= 0.3 is 0 Å². The van der Waals surface area contributed by atoms with Crippen molar-refractivity contribution in [3.05, 3.63) is 34.6 Å². The maximum Gasteiger partial charge on any atom is 0.146 e. The smallest absolute Gasteiger partial charge is 0.146 e. The standard InChI is InChI=1S/C12H10ClN3/c13-12-8(4-14)2-9(5-16-12)7-1-10-6-15-11(10)3-7/h1-2,5,10-11,15H,3,6H2. The molecule has 0 aromatic carbocycles. The summed E-state index contributed by atoms with van der Waals surface area (Å²) in [7, 11) is 0. The van der Waals surface area contributed by atoms with Crippen LogP contribution in [0.1, 0.15) is 17.5 Å². The molecule has 1 fully saturated rings. The lowest BCUT2D eigenvalue weighted by Crippen LogP contribution is -2.49. The second-order valence-electron chi connectivity index (χ2n) is 4.25. The van der Waals surface area contributed by atoms with Crippen LogP contribution in [0, 0.1) is 17.2 Å². The van der Waals surface area contributed by atoms with Crippen LogP contribution in [0.5, 0.6) is 0 Å². The van der Waals surface area contributed by atoms with E-state index in [1.165, 1.54) is 5.57 Å². The van der Waals surface area contributed by atoms with Gasteiger partial charge < -0.3 is 5.32 Å². The first kappa shape index (κ1) is 9.83. The number of fused-ring (bicyclic) bond motifs is 1. The lowest BCUT2D eigenvalue weighted by atomic mass is 9.95. The number of hydrogen-bond acceptors (Lipinski definition) is 3. The minimum absolute atomic E-state index is 0.283. The summed E-state index contributed by atoms with van der Waals surface area (Å²) in [5.41, 5.74) is 2.75. The Bertz CT molecular complexity index is 515. The molecule has 0 spiro atoms. The van der Waals surface area contributed by atoms with Gasteiger partial charge in [0.15, 0.2) is 0 Å². The van der Waals surface area contributed by atoms with Crippen molar-refractivity contribution in [2.45, 2.75) is 12.5 Å². The molecular formula is C12H10ClN3. The zero-order valence-electron chi connectivity index (χ0n) is 8.57. The molecule has 1 saturated heterocycles. The van der Waals surface area contributed by atoms with Crippen LogP contribution in [0.2, 0.25) is 5.15 Å². The zero-order valence-corrected chi connectivity index (χ0v) is 9.33. The Balaban J connectivity index is 1.96. The summed E-state index contributed by atoms with van der Waals surface area (Å²) >= 11 is 5.81. The Kier molecular flexibility index (Phi) is 2.20. The van der Waals surface area contributed by atoms with Gasteiger partial charge in [0.05, 0.1) is 5.56 Å². The number of halogens is 1. The summed E-state index contributed by atoms with van der Waals surface area (Å²) in [6.07, 6.45) is 5.06. The molecule has 1 aliphatic heterocycles. The lowest BCUT2D eigenvalue weighted by molar-refractivity contribution is 0.306. The van der Waals surface area contributed by atoms with E-state index in [0.717, 1.165) is 18.5 Å². The van der Waals surface area contributed by atoms with Gasteiger partial charge in [-0.3, -0.25) is 0 Å². The van der Waals surface area contributed by atoms with Crippen LogP contribution in [-0.2, 0) is 0 Å². The van der Waals surface area contributed by atoms with Crippen molar-refractivity contribution in [1.82, 2.24) is 10.3 Å². The highest BCUT2D eigenvalue weighted by atomic mass is 35.5. The van der Waals surface area contributed by atoms with E-state index < -0.39 is 0 Å². The van der Waals surface area contributed by atoms with Gasteiger partial charge in [-0.1, -0.05) is 17.7 Å². The molecule has 2 aliphatic rings. The monoisotopic (exact) mass is 231 g/mol. The fraction of sp³-hybridized carbons (Fsp3) is 0.333. The van der Waals surface area contributed by atoms with E-state index in [0.29, 0.717) is 17.5 Å². The molecule has 0 radical (unpaired) electrons. The molecule has 1 N–H and O–H groups in total. The highest BCUT2D eigenvalue weighted by Crippen LogP contribution is 2.36. The van der Waals surface area contributed by atoms with Crippen molar-refractivity contribution in [1.29, 1.82) is 5.26 Å². The Morgan fingerprint density at radius 3 is 3.00 bits per heavy atom. The van der Waals surface area contributed by atoms with E-state index in [9.17, 15) is 0 Å². The maximum atomic E-state index is 8.90. The normalized spacial score (nSPS) is 26.6. The highest BCUT2D eigenvalue weighted by molar-refractivity contribution is 6.30. The van der Waals surface area contributed by atoms with Crippen molar-refractivity contribution in [3.8, 4) is 6.07 Å². The second kappa shape index (κ2) is 3.58. The number of rotatable bonds is 1. The van der Waals surface area contributed by atoms with Gasteiger partial charge in [0.25, 0.3) is 0 Å². The molecule has 1 aromatic rings. The van der Waals surface area contributed by atoms with Crippen molar-refractivity contribution in [2.24, 2.45) is 5.92 Å². The van der Waals surface area contributed by atoms with Crippen LogP contribution in [-0.4, -0.2) is 17.6 Å². The number of nitriles is 1. The predicted molar refractivity (Wildman–Crippen MR) is 61.8 cm³/mol. The molecule has 3 nitrogen and oxygen atoms in total. The Labute approximate surface area is 98.8 Å². The average Bonchev–Trinajstić information content (AvgIpc) is 2.56. The highest BCUT2D eigenvalue weighted by Gasteiger charge is 2.34. The molecule has 4 heteroatoms. The molecule has 80 valence electrons. The third-order valence-electron chi connectivity index (χ3n) is 3.32. The van der Waals surface area contributed by atoms with E-state index in [2.05, 4.69) is 22.4 Å². The summed E-state index contributed by atoms with van der Waals surface area (Å²) in [6, 6.07) is 4.48. The predicted octanol–water partition coefficient (Wildman–Crippen LogP) is 1.98. The van der Waals surface area contributed by atoms with Crippen molar-refractivity contribution in [2.75, 3.05) is 6.54 Å². The Morgan fingerprint density at radius 2 is 2.44 bits per heavy atom. The first-order valence-electron chi connectivity index (χ1n) is 5.28. The van der Waals surface area contributed by atoms with Gasteiger partial charge in [0.2, 0.25) is 0 Å². The van der Waals surface area contributed by atoms with Gasteiger partial charge in [-0.15, -0.1) is 0 Å². The molecule has 1 aromatic heterocycles. The molecule has 16 heavy (non-hydrogen) atoms. The van der Waals surface area contributed by atoms with Gasteiger partial charge in [-0.2, -0.15) is 5.26 Å². The van der Waals surface area contributed by atoms with E-state index >= 15 is 0 Å². The Morgan fingerprint density at radius 1 is 1.56 bits per heavy atom. The fourth-order valence-corrected chi connectivity index (χ4v) is 2.44. The van der Waals surface area contributed by atoms with Gasteiger partial charge in [0, 0.05) is 24.7 Å². The first-order chi connectivity index (χ1) is 7.78. The summed E-state index contributed by atoms with van der Waals surface area (Å²) < 4.78 is 0. The van der Waals surface area contributed by atoms with Crippen molar-refractivity contribution < 1.29 is 0 Å². The van der Waals surface area contributed by atoms with Crippen LogP contribution in [0.4, 0.5) is 0 Å². The quantitative estimate of drug-likeness (QED) is 0.752. The van der Waals surface area contributed by atoms with Crippen molar-refractivity contribution in [3.63, 3.8) is 0 Å². The zero-order chi connectivity index (χ0) is 11.1. The van der Waals surface area contributed by atoms with E-state index in [4.69, 9.17) is 16.9 Å². The number of pyridine rings is 1. The number of hydrogen-bond donors (Lipinski definition) is 1. The van der Waals surface area contributed by atoms with E-state index in [1.54, 1.807) is 6.20 Å². The van der Waals surface area contributed by atoms with Gasteiger partial charge in [-0.25, -0.2) is 4.98 Å². The van der Waals surface area contributed by atoms with E-state index in [1.807, 2.05) is 6.07 Å². The summed E-state index contributed by atoms with van der Waals surface area (Å²) in [4.78, 5) is 4.05. The van der Waals surface area contributed by atoms with Gasteiger partial charge in [-0.05, 0) is 23.6 Å². The molecular weight excluding hydrogens is 222 g/mol. The van der Waals surface area contributed by atoms with Crippen LogP contribution >= 0.6 is 11.6 Å². The molecule has 0 bridgehead atoms. The van der Waals surface area contributed by atoms with E-state index in [-0.39, 0.29) is 5.15 Å². The molecule has 1 aliphatic carbocycles. The van der Waals surface area contributed by atoms with Crippen LogP contribution < -0.4 is 5.32 Å². The van der Waals surface area contributed by atoms with Crippen LogP contribution in [0.3, 0.4) is 0 Å². The third-order valence-corrected chi connectivity index (χ3v) is 3.62. The maximum absolute atomic E-state index is 8.90. The Hall–Kier alpha value is -1.37. The SMILES string of the molecule is N#Cc1cc(C2=CC3CNC3C2)cnc1Cl. The lowest BCUT2D eigenvalue weighted by Gasteiger charge is -2.31. The first-order valence-corrected chi connectivity index (χ1v) is 5.66. The molecule has 0 amide bonds. The number of nitrogens with one attached hydrogen (secondary N) is 1. The van der Waals surface area contributed by atoms with Crippen molar-refractivity contribution >= 4 is 17.2 Å². The minimum Gasteiger partial charge on any atom is -0.312 e. The van der Waals surface area contributed by atoms with Crippen LogP contribution in [0.15, 0.2) is 18.3 Å². The summed E-state index contributed by atoms with van der Waals surface area (Å²) in [5.74, 6) is 0.663. The topological polar surface area (TPSA) is 48.7 Å². The number of nitrogens with zero attached hydrogens (tertiary/aromatic N) is 2. The number of aromatic nitrogens is 1. The van der Waals surface area contributed by atoms with Gasteiger partial charge in [0.1, 0.15) is 11.2 Å². The molecule has 0 saturated carbocycles. The molecule has 3 rings (SSSR count). The molecule has 2 heterocycles. The minimum atomic E-state index is 0.283. The largest absolute Gasteiger partial charge is 0.312 e. The molecule has 2 unspecified atom stereocenters. The molecule has 2 atom stereocenters. The van der Waals surface area contributed by atoms with Crippen LogP contribution in [0.25, 0.3) is 5.57 Å².